The molecule has 0 unspecified atom stereocenters. The minimum Gasteiger partial charge on any atom is -0.378 e. The molecule has 0 spiro atoms. The SMILES string of the molecule is CC(C)CCC[C@H](C)CCC[C@H](C)CCC[C@@](C)(O)C#CCN1CCCC[C@H]1c1cccnc1. The van der Waals surface area contributed by atoms with E-state index < -0.39 is 5.60 Å². The fraction of sp³-hybridized carbons (Fsp3) is 0.774. The number of hydrogen-bond donors (Lipinski definition) is 1. The minimum atomic E-state index is -0.885. The number of likely N-dealkylation sites (tertiary alicyclic amines) is 1. The fourth-order valence-corrected chi connectivity index (χ4v) is 5.30. The van der Waals surface area contributed by atoms with E-state index in [2.05, 4.69) is 55.5 Å². The van der Waals surface area contributed by atoms with Crippen molar-refractivity contribution in [2.45, 2.75) is 123 Å². The van der Waals surface area contributed by atoms with Crippen molar-refractivity contribution in [1.82, 2.24) is 9.88 Å². The molecule has 0 aromatic carbocycles. The van der Waals surface area contributed by atoms with Crippen molar-refractivity contribution >= 4 is 0 Å². The number of pyridine rings is 1. The molecule has 1 aliphatic rings. The van der Waals surface area contributed by atoms with Crippen LogP contribution in [0, 0.1) is 29.6 Å². The first-order valence-electron chi connectivity index (χ1n) is 14.1. The van der Waals surface area contributed by atoms with E-state index in [0.717, 1.165) is 43.7 Å². The lowest BCUT2D eigenvalue weighted by atomic mass is 9.90. The Kier molecular flexibility index (Phi) is 13.2. The van der Waals surface area contributed by atoms with Crippen LogP contribution in [-0.4, -0.2) is 33.7 Å². The van der Waals surface area contributed by atoms with E-state index in [9.17, 15) is 5.11 Å². The largest absolute Gasteiger partial charge is 0.378 e. The van der Waals surface area contributed by atoms with Gasteiger partial charge < -0.3 is 5.11 Å². The lowest BCUT2D eigenvalue weighted by Crippen LogP contribution is -2.34. The van der Waals surface area contributed by atoms with E-state index in [0.29, 0.717) is 6.04 Å². The van der Waals surface area contributed by atoms with Crippen LogP contribution in [0.5, 0.6) is 0 Å². The van der Waals surface area contributed by atoms with E-state index in [1.54, 1.807) is 0 Å². The van der Waals surface area contributed by atoms with Gasteiger partial charge in [-0.15, -0.1) is 0 Å². The molecular formula is C31H52N2O. The number of nitrogens with zero attached hydrogens (tertiary/aromatic N) is 2. The second-order valence-corrected chi connectivity index (χ2v) is 11.7. The molecule has 0 radical (unpaired) electrons. The summed E-state index contributed by atoms with van der Waals surface area (Å²) in [6, 6.07) is 4.60. The smallest absolute Gasteiger partial charge is 0.122 e. The van der Waals surface area contributed by atoms with Gasteiger partial charge in [0, 0.05) is 18.4 Å². The van der Waals surface area contributed by atoms with Crippen LogP contribution in [0.1, 0.15) is 123 Å². The Morgan fingerprint density at radius 3 is 2.35 bits per heavy atom. The van der Waals surface area contributed by atoms with Gasteiger partial charge in [-0.2, -0.15) is 0 Å². The first-order valence-corrected chi connectivity index (χ1v) is 14.1. The summed E-state index contributed by atoms with van der Waals surface area (Å²) in [6.45, 7) is 13.1. The van der Waals surface area contributed by atoms with Crippen LogP contribution in [-0.2, 0) is 0 Å². The Balaban J connectivity index is 1.65. The maximum Gasteiger partial charge on any atom is 0.122 e. The predicted octanol–water partition coefficient (Wildman–Crippen LogP) is 7.80. The van der Waals surface area contributed by atoms with Gasteiger partial charge in [0.05, 0.1) is 6.54 Å². The van der Waals surface area contributed by atoms with E-state index in [4.69, 9.17) is 0 Å². The normalized spacial score (nSPS) is 20.4. The van der Waals surface area contributed by atoms with Crippen LogP contribution in [0.3, 0.4) is 0 Å². The van der Waals surface area contributed by atoms with Gasteiger partial charge in [0.2, 0.25) is 0 Å². The van der Waals surface area contributed by atoms with Gasteiger partial charge in [0.1, 0.15) is 5.60 Å². The zero-order valence-electron chi connectivity index (χ0n) is 22.9. The van der Waals surface area contributed by atoms with Crippen molar-refractivity contribution in [2.24, 2.45) is 17.8 Å². The van der Waals surface area contributed by atoms with Crippen molar-refractivity contribution in [3.63, 3.8) is 0 Å². The molecule has 1 aromatic heterocycles. The average Bonchev–Trinajstić information content (AvgIpc) is 2.79. The molecule has 3 nitrogen and oxygen atoms in total. The van der Waals surface area contributed by atoms with Gasteiger partial charge in [-0.1, -0.05) is 97.0 Å². The number of aromatic nitrogens is 1. The summed E-state index contributed by atoms with van der Waals surface area (Å²) in [5.41, 5.74) is 0.402. The zero-order chi connectivity index (χ0) is 24.8. The standard InChI is InChI=1S/C31H52N2O/c1-26(2)13-8-14-27(3)15-9-16-28(4)17-10-20-31(5,34)21-12-24-33-23-7-6-19-30(33)29-18-11-22-32-25-29/h11,18,22,25-28,30,34H,6-10,13-17,19-20,23-24H2,1-5H3/t27-,28-,30-,31+/m0/s1. The van der Waals surface area contributed by atoms with E-state index in [-0.39, 0.29) is 0 Å². The molecule has 0 amide bonds. The first kappa shape index (κ1) is 28.9. The highest BCUT2D eigenvalue weighted by molar-refractivity contribution is 5.17. The van der Waals surface area contributed by atoms with Gasteiger partial charge in [0.15, 0.2) is 0 Å². The molecule has 34 heavy (non-hydrogen) atoms. The Bertz CT molecular complexity index is 718. The van der Waals surface area contributed by atoms with E-state index >= 15 is 0 Å². The first-order chi connectivity index (χ1) is 16.3. The van der Waals surface area contributed by atoms with Gasteiger partial charge in [-0.25, -0.2) is 0 Å². The van der Waals surface area contributed by atoms with Gasteiger partial charge in [-0.3, -0.25) is 9.88 Å². The highest BCUT2D eigenvalue weighted by atomic mass is 16.3. The molecule has 0 aliphatic carbocycles. The van der Waals surface area contributed by atoms with Crippen LogP contribution in [0.15, 0.2) is 24.5 Å². The summed E-state index contributed by atoms with van der Waals surface area (Å²) < 4.78 is 0. The Morgan fingerprint density at radius 2 is 1.71 bits per heavy atom. The second kappa shape index (κ2) is 15.6. The number of rotatable bonds is 14. The van der Waals surface area contributed by atoms with Crippen molar-refractivity contribution in [3.8, 4) is 11.8 Å². The van der Waals surface area contributed by atoms with E-state index in [1.165, 1.54) is 69.8 Å². The zero-order valence-corrected chi connectivity index (χ0v) is 22.9. The molecule has 3 heteroatoms. The van der Waals surface area contributed by atoms with E-state index in [1.807, 2.05) is 25.4 Å². The van der Waals surface area contributed by atoms with Gasteiger partial charge >= 0.3 is 0 Å². The minimum absolute atomic E-state index is 0.403. The predicted molar refractivity (Wildman–Crippen MR) is 146 cm³/mol. The molecular weight excluding hydrogens is 416 g/mol. The molecule has 1 aliphatic heterocycles. The molecule has 2 heterocycles. The summed E-state index contributed by atoms with van der Waals surface area (Å²) >= 11 is 0. The van der Waals surface area contributed by atoms with Crippen molar-refractivity contribution < 1.29 is 5.11 Å². The van der Waals surface area contributed by atoms with Crippen LogP contribution in [0.4, 0.5) is 0 Å². The van der Waals surface area contributed by atoms with Crippen molar-refractivity contribution in [2.75, 3.05) is 13.1 Å². The highest BCUT2D eigenvalue weighted by Crippen LogP contribution is 2.30. The summed E-state index contributed by atoms with van der Waals surface area (Å²) in [5.74, 6) is 8.93. The highest BCUT2D eigenvalue weighted by Gasteiger charge is 2.23. The number of aliphatic hydroxyl groups is 1. The Hall–Kier alpha value is -1.37. The van der Waals surface area contributed by atoms with Gasteiger partial charge in [0.25, 0.3) is 0 Å². The monoisotopic (exact) mass is 468 g/mol. The molecule has 192 valence electrons. The third-order valence-corrected chi connectivity index (χ3v) is 7.56. The van der Waals surface area contributed by atoms with Crippen molar-refractivity contribution in [1.29, 1.82) is 0 Å². The van der Waals surface area contributed by atoms with Crippen LogP contribution in [0.25, 0.3) is 0 Å². The second-order valence-electron chi connectivity index (χ2n) is 11.7. The Labute approximate surface area is 211 Å². The third kappa shape index (κ3) is 11.9. The number of piperidine rings is 1. The van der Waals surface area contributed by atoms with Crippen LogP contribution >= 0.6 is 0 Å². The van der Waals surface area contributed by atoms with Crippen LogP contribution < -0.4 is 0 Å². The average molecular weight is 469 g/mol. The van der Waals surface area contributed by atoms with Gasteiger partial charge in [-0.05, 0) is 68.5 Å². The topological polar surface area (TPSA) is 36.4 Å². The quantitative estimate of drug-likeness (QED) is 0.283. The molecule has 0 bridgehead atoms. The fourth-order valence-electron chi connectivity index (χ4n) is 5.30. The number of hydrogen-bond acceptors (Lipinski definition) is 3. The summed E-state index contributed by atoms with van der Waals surface area (Å²) in [5, 5.41) is 10.8. The maximum absolute atomic E-state index is 10.8. The summed E-state index contributed by atoms with van der Waals surface area (Å²) in [7, 11) is 0. The lowest BCUT2D eigenvalue weighted by Gasteiger charge is -2.34. The van der Waals surface area contributed by atoms with Crippen LogP contribution in [0.2, 0.25) is 0 Å². The molecule has 4 atom stereocenters. The third-order valence-electron chi connectivity index (χ3n) is 7.56. The molecule has 1 aromatic rings. The summed E-state index contributed by atoms with van der Waals surface area (Å²) in [6.07, 6.45) is 18.6. The summed E-state index contributed by atoms with van der Waals surface area (Å²) in [4.78, 5) is 6.76. The molecule has 0 saturated carbocycles. The molecule has 1 saturated heterocycles. The van der Waals surface area contributed by atoms with Crippen molar-refractivity contribution in [3.05, 3.63) is 30.1 Å². The molecule has 1 N–H and O–H groups in total. The Morgan fingerprint density at radius 1 is 1.03 bits per heavy atom. The maximum atomic E-state index is 10.8. The molecule has 1 fully saturated rings. The molecule has 2 rings (SSSR count). The lowest BCUT2D eigenvalue weighted by molar-refractivity contribution is 0.107.